The Kier molecular flexibility index (Phi) is 13.0. The summed E-state index contributed by atoms with van der Waals surface area (Å²) in [5.74, 6) is 1.22. The number of anilines is 1. The average Bonchev–Trinajstić information content (AvgIpc) is 2.56. The molecule has 0 saturated carbocycles. The number of aromatic nitrogens is 1. The van der Waals surface area contributed by atoms with E-state index in [1.54, 1.807) is 13.1 Å². The summed E-state index contributed by atoms with van der Waals surface area (Å²) < 4.78 is 0. The number of guanidine groups is 1. The first-order valence-electron chi connectivity index (χ1n) is 9.27. The topological polar surface area (TPSA) is 81.6 Å². The van der Waals surface area contributed by atoms with Crippen LogP contribution in [0, 0.1) is 6.92 Å². The molecule has 1 aromatic heterocycles. The van der Waals surface area contributed by atoms with Crippen LogP contribution in [0.1, 0.15) is 39.8 Å². The monoisotopic (exact) mass is 490 g/mol. The lowest BCUT2D eigenvalue weighted by Gasteiger charge is -2.30. The highest BCUT2D eigenvalue weighted by Gasteiger charge is 2.12. The van der Waals surface area contributed by atoms with Gasteiger partial charge in [-0.2, -0.15) is 0 Å². The number of aliphatic imine (C=N–C) groups is 1. The number of hydrogen-bond acceptors (Lipinski definition) is 4. The molecule has 8 heteroatoms. The third-order valence-electron chi connectivity index (χ3n) is 4.01. The summed E-state index contributed by atoms with van der Waals surface area (Å²) in [5.41, 5.74) is 0.877. The van der Waals surface area contributed by atoms with Crippen LogP contribution in [0.15, 0.2) is 23.2 Å². The van der Waals surface area contributed by atoms with Gasteiger partial charge in [-0.15, -0.1) is 24.0 Å². The molecule has 1 rings (SSSR count). The maximum Gasteiger partial charge on any atom is 0.227 e. The van der Waals surface area contributed by atoms with E-state index in [0.29, 0.717) is 36.8 Å². The number of halogens is 1. The molecule has 0 aromatic carbocycles. The molecule has 0 fully saturated rings. The highest BCUT2D eigenvalue weighted by atomic mass is 127. The Hall–Kier alpha value is -1.42. The first kappa shape index (κ1) is 25.6. The van der Waals surface area contributed by atoms with E-state index in [1.165, 1.54) is 0 Å². The number of rotatable bonds is 9. The highest BCUT2D eigenvalue weighted by molar-refractivity contribution is 14.0. The molecule has 0 aliphatic carbocycles. The van der Waals surface area contributed by atoms with Crippen molar-refractivity contribution in [1.29, 1.82) is 0 Å². The molecule has 1 heterocycles. The molecule has 7 nitrogen and oxygen atoms in total. The van der Waals surface area contributed by atoms with Gasteiger partial charge in [0.2, 0.25) is 5.91 Å². The van der Waals surface area contributed by atoms with Crippen LogP contribution < -0.4 is 16.0 Å². The Morgan fingerprint density at radius 3 is 2.33 bits per heavy atom. The van der Waals surface area contributed by atoms with Gasteiger partial charge in [0, 0.05) is 50.9 Å². The summed E-state index contributed by atoms with van der Waals surface area (Å²) in [5, 5.41) is 9.26. The van der Waals surface area contributed by atoms with E-state index in [9.17, 15) is 4.79 Å². The summed E-state index contributed by atoms with van der Waals surface area (Å²) in [6, 6.07) is 6.57. The maximum atomic E-state index is 12.0. The van der Waals surface area contributed by atoms with Gasteiger partial charge < -0.3 is 16.0 Å². The van der Waals surface area contributed by atoms with Gasteiger partial charge in [-0.25, -0.2) is 4.98 Å². The summed E-state index contributed by atoms with van der Waals surface area (Å²) >= 11 is 0. The van der Waals surface area contributed by atoms with Gasteiger partial charge in [0.1, 0.15) is 5.82 Å². The molecule has 0 atom stereocenters. The lowest BCUT2D eigenvalue weighted by atomic mass is 10.2. The van der Waals surface area contributed by atoms with Crippen LogP contribution in [0.3, 0.4) is 0 Å². The maximum absolute atomic E-state index is 12.0. The molecule has 0 radical (unpaired) electrons. The molecule has 0 bridgehead atoms. The van der Waals surface area contributed by atoms with Crippen LogP contribution >= 0.6 is 24.0 Å². The van der Waals surface area contributed by atoms with Crippen molar-refractivity contribution in [2.45, 2.75) is 53.1 Å². The zero-order valence-electron chi connectivity index (χ0n) is 17.4. The normalized spacial score (nSPS) is 11.5. The fraction of sp³-hybridized carbons (Fsp3) is 0.632. The molecule has 1 aromatic rings. The molecule has 27 heavy (non-hydrogen) atoms. The fourth-order valence-electron chi connectivity index (χ4n) is 2.75. The molecule has 3 N–H and O–H groups in total. The van der Waals surface area contributed by atoms with Crippen molar-refractivity contribution in [3.8, 4) is 0 Å². The number of carbonyl (C=O) groups excluding carboxylic acids is 1. The Morgan fingerprint density at radius 1 is 1.15 bits per heavy atom. The van der Waals surface area contributed by atoms with E-state index < -0.39 is 0 Å². The van der Waals surface area contributed by atoms with Gasteiger partial charge in [0.25, 0.3) is 0 Å². The van der Waals surface area contributed by atoms with Crippen LogP contribution in [0.2, 0.25) is 0 Å². The van der Waals surface area contributed by atoms with Crippen LogP contribution in [0.5, 0.6) is 0 Å². The first-order valence-corrected chi connectivity index (χ1v) is 9.27. The van der Waals surface area contributed by atoms with Crippen molar-refractivity contribution in [3.05, 3.63) is 23.9 Å². The lowest BCUT2D eigenvalue weighted by Crippen LogP contribution is -2.45. The third-order valence-corrected chi connectivity index (χ3v) is 4.01. The van der Waals surface area contributed by atoms with Crippen LogP contribution in [-0.2, 0) is 4.79 Å². The Balaban J connectivity index is 0.00000676. The summed E-state index contributed by atoms with van der Waals surface area (Å²) in [6.45, 7) is 13.0. The second kappa shape index (κ2) is 13.7. The van der Waals surface area contributed by atoms with Crippen molar-refractivity contribution in [1.82, 2.24) is 20.5 Å². The second-order valence-corrected chi connectivity index (χ2v) is 6.81. The molecule has 0 aliphatic heterocycles. The molecule has 154 valence electrons. The first-order chi connectivity index (χ1) is 12.3. The number of aryl methyl sites for hydroxylation is 1. The minimum atomic E-state index is -0.0724. The quantitative estimate of drug-likeness (QED) is 0.282. The smallest absolute Gasteiger partial charge is 0.227 e. The molecule has 0 saturated heterocycles. The SMILES string of the molecule is CN=C(NCCC(=O)Nc1cccc(C)n1)NCCN(C(C)C)C(C)C.I. The second-order valence-electron chi connectivity index (χ2n) is 6.81. The van der Waals surface area contributed by atoms with Crippen molar-refractivity contribution in [3.63, 3.8) is 0 Å². The van der Waals surface area contributed by atoms with Crippen LogP contribution in [-0.4, -0.2) is 60.5 Å². The predicted molar refractivity (Wildman–Crippen MR) is 124 cm³/mol. The van der Waals surface area contributed by atoms with Gasteiger partial charge >= 0.3 is 0 Å². The fourth-order valence-corrected chi connectivity index (χ4v) is 2.75. The molecular weight excluding hydrogens is 455 g/mol. The van der Waals surface area contributed by atoms with Crippen molar-refractivity contribution < 1.29 is 4.79 Å². The third kappa shape index (κ3) is 10.5. The summed E-state index contributed by atoms with van der Waals surface area (Å²) in [6.07, 6.45) is 0.348. The summed E-state index contributed by atoms with van der Waals surface area (Å²) in [4.78, 5) is 22.9. The van der Waals surface area contributed by atoms with E-state index >= 15 is 0 Å². The molecule has 0 spiro atoms. The summed E-state index contributed by atoms with van der Waals surface area (Å²) in [7, 11) is 1.73. The van der Waals surface area contributed by atoms with Crippen molar-refractivity contribution in [2.75, 3.05) is 32.0 Å². The van der Waals surface area contributed by atoms with E-state index in [2.05, 4.69) is 58.5 Å². The molecule has 0 unspecified atom stereocenters. The van der Waals surface area contributed by atoms with Gasteiger partial charge in [0.15, 0.2) is 5.96 Å². The number of nitrogens with zero attached hydrogens (tertiary/aromatic N) is 3. The highest BCUT2D eigenvalue weighted by Crippen LogP contribution is 2.04. The van der Waals surface area contributed by atoms with Gasteiger partial charge in [-0.1, -0.05) is 6.07 Å². The largest absolute Gasteiger partial charge is 0.356 e. The zero-order valence-corrected chi connectivity index (χ0v) is 19.7. The molecular formula is C19H35IN6O. The Bertz CT molecular complexity index is 583. The minimum absolute atomic E-state index is 0. The Labute approximate surface area is 180 Å². The standard InChI is InChI=1S/C19H34N6O.HI/c1-14(2)25(15(3)4)13-12-22-19(20-6)21-11-10-18(26)24-17-9-7-8-16(5)23-17;/h7-9,14-15H,10-13H2,1-6H3,(H2,20,21,22)(H,23,24,26);1H. The Morgan fingerprint density at radius 2 is 1.78 bits per heavy atom. The van der Waals surface area contributed by atoms with Gasteiger partial charge in [-0.3, -0.25) is 14.7 Å². The number of carbonyl (C=O) groups is 1. The van der Waals surface area contributed by atoms with Crippen molar-refractivity contribution in [2.24, 2.45) is 4.99 Å². The zero-order chi connectivity index (χ0) is 19.5. The van der Waals surface area contributed by atoms with Gasteiger partial charge in [-0.05, 0) is 46.8 Å². The van der Waals surface area contributed by atoms with E-state index in [-0.39, 0.29) is 29.9 Å². The predicted octanol–water partition coefficient (Wildman–Crippen LogP) is 2.62. The van der Waals surface area contributed by atoms with Gasteiger partial charge in [0.05, 0.1) is 0 Å². The van der Waals surface area contributed by atoms with E-state index in [0.717, 1.165) is 18.8 Å². The molecule has 0 aliphatic rings. The number of hydrogen-bond donors (Lipinski definition) is 3. The van der Waals surface area contributed by atoms with E-state index in [1.807, 2.05) is 19.1 Å². The average molecular weight is 490 g/mol. The van der Waals surface area contributed by atoms with E-state index in [4.69, 9.17) is 0 Å². The molecule has 1 amide bonds. The van der Waals surface area contributed by atoms with Crippen LogP contribution in [0.25, 0.3) is 0 Å². The lowest BCUT2D eigenvalue weighted by molar-refractivity contribution is -0.116. The van der Waals surface area contributed by atoms with Crippen molar-refractivity contribution >= 4 is 41.7 Å². The number of pyridine rings is 1. The van der Waals surface area contributed by atoms with Crippen LogP contribution in [0.4, 0.5) is 5.82 Å². The number of nitrogens with one attached hydrogen (secondary N) is 3. The minimum Gasteiger partial charge on any atom is -0.356 e. The number of amides is 1.